The molecule has 3 N–H and O–H groups in total. The Hall–Kier alpha value is -1.92. The van der Waals surface area contributed by atoms with Crippen LogP contribution in [0, 0.1) is 6.92 Å². The second-order valence-corrected chi connectivity index (χ2v) is 5.81. The zero-order chi connectivity index (χ0) is 14.3. The molecule has 1 unspecified atom stereocenters. The van der Waals surface area contributed by atoms with Crippen molar-refractivity contribution in [3.05, 3.63) is 40.1 Å². The van der Waals surface area contributed by atoms with Gasteiger partial charge in [0.15, 0.2) is 0 Å². The van der Waals surface area contributed by atoms with Crippen molar-refractivity contribution in [3.63, 3.8) is 0 Å². The van der Waals surface area contributed by atoms with Gasteiger partial charge in [-0.05, 0) is 32.0 Å². The number of rotatable bonds is 3. The Labute approximate surface area is 120 Å². The number of aromatic nitrogens is 3. The number of aliphatic hydroxyl groups is 1. The van der Waals surface area contributed by atoms with Gasteiger partial charge in [-0.25, -0.2) is 9.97 Å². The summed E-state index contributed by atoms with van der Waals surface area (Å²) in [7, 11) is 0. The first-order valence-electron chi connectivity index (χ1n) is 6.39. The Morgan fingerprint density at radius 1 is 1.40 bits per heavy atom. The van der Waals surface area contributed by atoms with Crippen LogP contribution in [0.15, 0.2) is 23.6 Å². The summed E-state index contributed by atoms with van der Waals surface area (Å²) >= 11 is 1.61. The van der Waals surface area contributed by atoms with Crippen LogP contribution in [0.1, 0.15) is 29.6 Å². The maximum Gasteiger partial charge on any atom is 0.138 e. The van der Waals surface area contributed by atoms with E-state index in [0.717, 1.165) is 21.7 Å². The van der Waals surface area contributed by atoms with E-state index in [9.17, 15) is 5.11 Å². The molecule has 0 saturated heterocycles. The lowest BCUT2D eigenvalue weighted by atomic mass is 10.3. The minimum atomic E-state index is -0.635. The molecule has 0 spiro atoms. The maximum absolute atomic E-state index is 9.93. The smallest absolute Gasteiger partial charge is 0.138 e. The average Bonchev–Trinajstić information content (AvgIpc) is 2.94. The zero-order valence-electron chi connectivity index (χ0n) is 11.4. The van der Waals surface area contributed by atoms with Crippen LogP contribution in [0.3, 0.4) is 0 Å². The molecule has 0 saturated carbocycles. The number of fused-ring (bicyclic) bond motifs is 1. The largest absolute Gasteiger partial charge is 0.399 e. The molecular formula is C14H16N4OS. The van der Waals surface area contributed by atoms with E-state index >= 15 is 0 Å². The summed E-state index contributed by atoms with van der Waals surface area (Å²) < 4.78 is 2.00. The lowest BCUT2D eigenvalue weighted by Crippen LogP contribution is -2.07. The number of nitrogen functional groups attached to an aromatic ring is 1. The summed E-state index contributed by atoms with van der Waals surface area (Å²) in [4.78, 5) is 8.96. The van der Waals surface area contributed by atoms with Gasteiger partial charge in [0.1, 0.15) is 16.9 Å². The Kier molecular flexibility index (Phi) is 3.19. The summed E-state index contributed by atoms with van der Waals surface area (Å²) in [5.41, 5.74) is 9.24. The summed E-state index contributed by atoms with van der Waals surface area (Å²) in [6.45, 7) is 4.30. The molecule has 20 heavy (non-hydrogen) atoms. The van der Waals surface area contributed by atoms with E-state index in [2.05, 4.69) is 9.97 Å². The number of aliphatic hydroxyl groups excluding tert-OH is 1. The molecule has 1 atom stereocenters. The van der Waals surface area contributed by atoms with Gasteiger partial charge in [-0.15, -0.1) is 11.3 Å². The molecule has 0 aliphatic heterocycles. The maximum atomic E-state index is 9.93. The van der Waals surface area contributed by atoms with Crippen molar-refractivity contribution >= 4 is 28.1 Å². The number of nitrogens with zero attached hydrogens (tertiary/aromatic N) is 3. The molecule has 3 rings (SSSR count). The number of thiazole rings is 1. The lowest BCUT2D eigenvalue weighted by Gasteiger charge is -2.09. The van der Waals surface area contributed by atoms with Crippen molar-refractivity contribution in [2.45, 2.75) is 26.5 Å². The van der Waals surface area contributed by atoms with Crippen LogP contribution in [0.4, 0.5) is 5.69 Å². The van der Waals surface area contributed by atoms with Gasteiger partial charge in [0.05, 0.1) is 17.6 Å². The molecule has 0 fully saturated rings. The van der Waals surface area contributed by atoms with E-state index in [4.69, 9.17) is 5.73 Å². The normalized spacial score (nSPS) is 12.9. The van der Waals surface area contributed by atoms with Crippen molar-refractivity contribution in [1.29, 1.82) is 0 Å². The first-order chi connectivity index (χ1) is 9.54. The number of nitrogens with two attached hydrogens (primary N) is 1. The third-order valence-corrected chi connectivity index (χ3v) is 4.09. The van der Waals surface area contributed by atoms with Gasteiger partial charge < -0.3 is 15.4 Å². The van der Waals surface area contributed by atoms with Crippen molar-refractivity contribution in [2.24, 2.45) is 0 Å². The summed E-state index contributed by atoms with van der Waals surface area (Å²) in [5, 5.41) is 12.9. The highest BCUT2D eigenvalue weighted by molar-refractivity contribution is 7.09. The number of anilines is 1. The van der Waals surface area contributed by atoms with E-state index in [-0.39, 0.29) is 0 Å². The van der Waals surface area contributed by atoms with E-state index < -0.39 is 6.10 Å². The number of hydrogen-bond donors (Lipinski definition) is 2. The molecule has 1 aromatic carbocycles. The van der Waals surface area contributed by atoms with Crippen LogP contribution >= 0.6 is 11.3 Å². The van der Waals surface area contributed by atoms with Crippen LogP contribution in [0.25, 0.3) is 11.0 Å². The van der Waals surface area contributed by atoms with E-state index in [0.29, 0.717) is 18.1 Å². The molecule has 3 aromatic rings. The van der Waals surface area contributed by atoms with Crippen molar-refractivity contribution in [3.8, 4) is 0 Å². The van der Waals surface area contributed by atoms with Gasteiger partial charge in [-0.1, -0.05) is 0 Å². The quantitative estimate of drug-likeness (QED) is 0.726. The standard InChI is InChI=1S/C14H16N4OS/c1-8-7-20-13(16-8)6-18-12-4-3-10(15)5-11(12)17-14(18)9(2)19/h3-5,7,9,19H,6,15H2,1-2H3. The zero-order valence-corrected chi connectivity index (χ0v) is 12.2. The predicted octanol–water partition coefficient (Wildman–Crippen LogP) is 2.49. The van der Waals surface area contributed by atoms with Crippen molar-refractivity contribution in [1.82, 2.24) is 14.5 Å². The van der Waals surface area contributed by atoms with Gasteiger partial charge in [0.25, 0.3) is 0 Å². The van der Waals surface area contributed by atoms with E-state index in [1.807, 2.05) is 35.1 Å². The third kappa shape index (κ3) is 2.28. The van der Waals surface area contributed by atoms with Crippen LogP contribution in [0.5, 0.6) is 0 Å². The fourth-order valence-electron chi connectivity index (χ4n) is 2.26. The molecule has 104 valence electrons. The molecule has 5 nitrogen and oxygen atoms in total. The second kappa shape index (κ2) is 4.88. The van der Waals surface area contributed by atoms with Crippen molar-refractivity contribution < 1.29 is 5.11 Å². The highest BCUT2D eigenvalue weighted by Crippen LogP contribution is 2.24. The third-order valence-electron chi connectivity index (χ3n) is 3.14. The molecule has 0 bridgehead atoms. The van der Waals surface area contributed by atoms with Crippen LogP contribution in [-0.2, 0) is 6.54 Å². The number of aryl methyl sites for hydroxylation is 1. The molecule has 0 aliphatic rings. The van der Waals surface area contributed by atoms with Crippen LogP contribution in [-0.4, -0.2) is 19.6 Å². The average molecular weight is 288 g/mol. The number of hydrogen-bond acceptors (Lipinski definition) is 5. The molecule has 0 amide bonds. The summed E-state index contributed by atoms with van der Waals surface area (Å²) in [6.07, 6.45) is -0.635. The lowest BCUT2D eigenvalue weighted by molar-refractivity contribution is 0.185. The highest BCUT2D eigenvalue weighted by atomic mass is 32.1. The van der Waals surface area contributed by atoms with E-state index in [1.165, 1.54) is 0 Å². The molecule has 0 aliphatic carbocycles. The number of benzene rings is 1. The van der Waals surface area contributed by atoms with Gasteiger partial charge in [-0.3, -0.25) is 0 Å². The molecule has 2 heterocycles. The number of imidazole rings is 1. The highest BCUT2D eigenvalue weighted by Gasteiger charge is 2.16. The van der Waals surface area contributed by atoms with Crippen molar-refractivity contribution in [2.75, 3.05) is 5.73 Å². The molecule has 6 heteroatoms. The van der Waals surface area contributed by atoms with E-state index in [1.54, 1.807) is 18.3 Å². The summed E-state index contributed by atoms with van der Waals surface area (Å²) in [6, 6.07) is 5.61. The van der Waals surface area contributed by atoms with Crippen LogP contribution < -0.4 is 5.73 Å². The van der Waals surface area contributed by atoms with Gasteiger partial charge >= 0.3 is 0 Å². The minimum absolute atomic E-state index is 0.610. The van der Waals surface area contributed by atoms with Crippen LogP contribution in [0.2, 0.25) is 0 Å². The molecule has 2 aromatic heterocycles. The Morgan fingerprint density at radius 2 is 2.20 bits per heavy atom. The molecule has 0 radical (unpaired) electrons. The Morgan fingerprint density at radius 3 is 2.85 bits per heavy atom. The van der Waals surface area contributed by atoms with Gasteiger partial charge in [0.2, 0.25) is 0 Å². The summed E-state index contributed by atoms with van der Waals surface area (Å²) in [5.74, 6) is 0.637. The fourth-order valence-corrected chi connectivity index (χ4v) is 3.02. The second-order valence-electron chi connectivity index (χ2n) is 4.86. The Balaban J connectivity index is 2.13. The topological polar surface area (TPSA) is 77.0 Å². The SMILES string of the molecule is Cc1csc(Cn2c(C(C)O)nc3cc(N)ccc32)n1. The first kappa shape index (κ1) is 13.1. The molecular weight excluding hydrogens is 272 g/mol. The van der Waals surface area contributed by atoms with Gasteiger partial charge in [-0.2, -0.15) is 0 Å². The monoisotopic (exact) mass is 288 g/mol. The Bertz CT molecular complexity index is 760. The van der Waals surface area contributed by atoms with Gasteiger partial charge in [0, 0.05) is 16.8 Å². The predicted molar refractivity (Wildman–Crippen MR) is 80.7 cm³/mol. The minimum Gasteiger partial charge on any atom is -0.399 e. The fraction of sp³-hybridized carbons (Fsp3) is 0.286. The first-order valence-corrected chi connectivity index (χ1v) is 7.27.